The lowest BCUT2D eigenvalue weighted by Crippen LogP contribution is -2.20. The van der Waals surface area contributed by atoms with Crippen LogP contribution >= 0.6 is 11.6 Å². The van der Waals surface area contributed by atoms with Crippen LogP contribution in [0, 0.1) is 0 Å². The van der Waals surface area contributed by atoms with E-state index in [9.17, 15) is 9.59 Å². The van der Waals surface area contributed by atoms with Crippen LogP contribution in [0.4, 0.5) is 5.69 Å². The molecule has 0 aliphatic carbocycles. The van der Waals surface area contributed by atoms with Crippen LogP contribution in [0.15, 0.2) is 73.1 Å². The first-order valence-corrected chi connectivity index (χ1v) is 8.23. The zero-order valence-electron chi connectivity index (χ0n) is 13.7. The Hall–Kier alpha value is -3.18. The molecule has 0 unspecified atom stereocenters. The summed E-state index contributed by atoms with van der Waals surface area (Å²) in [6.07, 6.45) is 3.07. The minimum Gasteiger partial charge on any atom is -0.483 e. The molecule has 0 spiro atoms. The van der Waals surface area contributed by atoms with Crippen molar-refractivity contribution in [1.29, 1.82) is 0 Å². The Morgan fingerprint density at radius 1 is 1.00 bits per heavy atom. The quantitative estimate of drug-likeness (QED) is 0.670. The summed E-state index contributed by atoms with van der Waals surface area (Å²) in [5.74, 6) is -0.291. The fourth-order valence-electron chi connectivity index (χ4n) is 2.33. The molecule has 0 atom stereocenters. The van der Waals surface area contributed by atoms with Gasteiger partial charge in [0.15, 0.2) is 12.4 Å². The van der Waals surface area contributed by atoms with Gasteiger partial charge in [0, 0.05) is 28.7 Å². The van der Waals surface area contributed by atoms with E-state index in [0.717, 1.165) is 0 Å². The number of halogens is 1. The van der Waals surface area contributed by atoms with E-state index in [1.54, 1.807) is 36.4 Å². The second-order valence-electron chi connectivity index (χ2n) is 5.41. The fourth-order valence-corrected chi connectivity index (χ4v) is 2.50. The predicted molar refractivity (Wildman–Crippen MR) is 99.7 cm³/mol. The van der Waals surface area contributed by atoms with Crippen LogP contribution in [-0.4, -0.2) is 23.3 Å². The lowest BCUT2D eigenvalue weighted by atomic mass is 10.0. The molecule has 5 nitrogen and oxygen atoms in total. The number of amides is 1. The van der Waals surface area contributed by atoms with Gasteiger partial charge in [-0.15, -0.1) is 0 Å². The molecule has 26 heavy (non-hydrogen) atoms. The molecule has 0 bridgehead atoms. The Morgan fingerprint density at radius 2 is 1.73 bits per heavy atom. The Morgan fingerprint density at radius 3 is 2.46 bits per heavy atom. The summed E-state index contributed by atoms with van der Waals surface area (Å²) in [6, 6.07) is 17.0. The number of hydrogen-bond donors (Lipinski definition) is 1. The Balaban J connectivity index is 1.74. The molecular weight excluding hydrogens is 352 g/mol. The number of pyridine rings is 1. The minimum absolute atomic E-state index is 0.229. The first kappa shape index (κ1) is 17.6. The third-order valence-electron chi connectivity index (χ3n) is 3.55. The largest absolute Gasteiger partial charge is 0.483 e. The molecule has 2 aromatic carbocycles. The summed E-state index contributed by atoms with van der Waals surface area (Å²) in [4.78, 5) is 28.6. The molecule has 0 radical (unpaired) electrons. The molecule has 0 aliphatic rings. The van der Waals surface area contributed by atoms with Gasteiger partial charge < -0.3 is 10.1 Å². The number of carbonyl (C=O) groups is 2. The number of nitrogens with one attached hydrogen (secondary N) is 1. The third kappa shape index (κ3) is 4.46. The van der Waals surface area contributed by atoms with Crippen LogP contribution in [0.25, 0.3) is 0 Å². The number of carbonyl (C=O) groups excluding carboxylic acids is 2. The number of anilines is 1. The number of rotatable bonds is 6. The van der Waals surface area contributed by atoms with E-state index in [1.165, 1.54) is 18.5 Å². The van der Waals surface area contributed by atoms with Crippen molar-refractivity contribution in [1.82, 2.24) is 4.98 Å². The van der Waals surface area contributed by atoms with Crippen molar-refractivity contribution in [3.63, 3.8) is 0 Å². The summed E-state index contributed by atoms with van der Waals surface area (Å²) in [5, 5.41) is 3.13. The summed E-state index contributed by atoms with van der Waals surface area (Å²) in [5.41, 5.74) is 1.42. The molecule has 0 saturated heterocycles. The van der Waals surface area contributed by atoms with E-state index in [0.29, 0.717) is 22.0 Å². The Labute approximate surface area is 155 Å². The minimum atomic E-state index is -0.325. The van der Waals surface area contributed by atoms with Crippen LogP contribution in [0.1, 0.15) is 15.9 Å². The van der Waals surface area contributed by atoms with Crippen molar-refractivity contribution in [3.05, 3.63) is 89.2 Å². The average Bonchev–Trinajstić information content (AvgIpc) is 2.68. The molecule has 1 amide bonds. The van der Waals surface area contributed by atoms with Gasteiger partial charge in [-0.05, 0) is 42.5 Å². The SMILES string of the molecule is O=C(COc1ccc(Cl)cc1C(=O)c1ccncc1)Nc1ccccc1. The third-order valence-corrected chi connectivity index (χ3v) is 3.78. The van der Waals surface area contributed by atoms with Gasteiger partial charge in [-0.3, -0.25) is 14.6 Å². The second-order valence-corrected chi connectivity index (χ2v) is 5.84. The van der Waals surface area contributed by atoms with Crippen LogP contribution in [-0.2, 0) is 4.79 Å². The van der Waals surface area contributed by atoms with Gasteiger partial charge >= 0.3 is 0 Å². The molecule has 3 rings (SSSR count). The number of nitrogens with zero attached hydrogens (tertiary/aromatic N) is 1. The van der Waals surface area contributed by atoms with E-state index >= 15 is 0 Å². The average molecular weight is 367 g/mol. The lowest BCUT2D eigenvalue weighted by molar-refractivity contribution is -0.118. The van der Waals surface area contributed by atoms with E-state index < -0.39 is 0 Å². The highest BCUT2D eigenvalue weighted by atomic mass is 35.5. The highest BCUT2D eigenvalue weighted by molar-refractivity contribution is 6.31. The molecular formula is C20H15ClN2O3. The predicted octanol–water partition coefficient (Wildman–Crippen LogP) is 3.98. The second kappa shape index (κ2) is 8.27. The van der Waals surface area contributed by atoms with Crippen molar-refractivity contribution in [2.24, 2.45) is 0 Å². The summed E-state index contributed by atoms with van der Waals surface area (Å²) < 4.78 is 5.56. The van der Waals surface area contributed by atoms with Crippen LogP contribution in [0.3, 0.4) is 0 Å². The van der Waals surface area contributed by atoms with Crippen molar-refractivity contribution in [2.45, 2.75) is 0 Å². The Bertz CT molecular complexity index is 915. The number of para-hydroxylation sites is 1. The monoisotopic (exact) mass is 366 g/mol. The van der Waals surface area contributed by atoms with Gasteiger partial charge in [0.25, 0.3) is 5.91 Å². The maximum absolute atomic E-state index is 12.7. The summed E-state index contributed by atoms with van der Waals surface area (Å²) in [7, 11) is 0. The number of benzene rings is 2. The highest BCUT2D eigenvalue weighted by Crippen LogP contribution is 2.25. The molecule has 6 heteroatoms. The van der Waals surface area contributed by atoms with Crippen molar-refractivity contribution < 1.29 is 14.3 Å². The molecule has 0 aliphatic heterocycles. The van der Waals surface area contributed by atoms with Crippen molar-refractivity contribution in [3.8, 4) is 5.75 Å². The zero-order valence-corrected chi connectivity index (χ0v) is 14.4. The van der Waals surface area contributed by atoms with Gasteiger partial charge in [0.1, 0.15) is 5.75 Å². The molecule has 0 fully saturated rings. The van der Waals surface area contributed by atoms with Crippen LogP contribution < -0.4 is 10.1 Å². The molecule has 1 heterocycles. The van der Waals surface area contributed by atoms with Gasteiger partial charge in [0.2, 0.25) is 0 Å². The maximum atomic E-state index is 12.7. The first-order valence-electron chi connectivity index (χ1n) is 7.85. The van der Waals surface area contributed by atoms with E-state index in [4.69, 9.17) is 16.3 Å². The highest BCUT2D eigenvalue weighted by Gasteiger charge is 2.16. The van der Waals surface area contributed by atoms with E-state index in [2.05, 4.69) is 10.3 Å². The van der Waals surface area contributed by atoms with Gasteiger partial charge in [-0.1, -0.05) is 29.8 Å². The zero-order chi connectivity index (χ0) is 18.4. The smallest absolute Gasteiger partial charge is 0.262 e. The molecule has 130 valence electrons. The molecule has 0 saturated carbocycles. The Kier molecular flexibility index (Phi) is 5.61. The van der Waals surface area contributed by atoms with Crippen molar-refractivity contribution in [2.75, 3.05) is 11.9 Å². The maximum Gasteiger partial charge on any atom is 0.262 e. The normalized spacial score (nSPS) is 10.2. The van der Waals surface area contributed by atoms with Gasteiger partial charge in [-0.25, -0.2) is 0 Å². The van der Waals surface area contributed by atoms with Crippen molar-refractivity contribution >= 4 is 29.0 Å². The topological polar surface area (TPSA) is 68.3 Å². The molecule has 1 aromatic heterocycles. The number of ether oxygens (including phenoxy) is 1. The number of hydrogen-bond acceptors (Lipinski definition) is 4. The number of ketones is 1. The fraction of sp³-hybridized carbons (Fsp3) is 0.0500. The summed E-state index contributed by atoms with van der Waals surface area (Å²) >= 11 is 6.02. The van der Waals surface area contributed by atoms with Crippen LogP contribution in [0.2, 0.25) is 5.02 Å². The van der Waals surface area contributed by atoms with E-state index in [1.807, 2.05) is 18.2 Å². The van der Waals surface area contributed by atoms with E-state index in [-0.39, 0.29) is 23.9 Å². The molecule has 3 aromatic rings. The van der Waals surface area contributed by atoms with Gasteiger partial charge in [-0.2, -0.15) is 0 Å². The summed E-state index contributed by atoms with van der Waals surface area (Å²) in [6.45, 7) is -0.229. The standard InChI is InChI=1S/C20H15ClN2O3/c21-15-6-7-18(17(12-15)20(25)14-8-10-22-11-9-14)26-13-19(24)23-16-4-2-1-3-5-16/h1-12H,13H2,(H,23,24). The lowest BCUT2D eigenvalue weighted by Gasteiger charge is -2.11. The first-order chi connectivity index (χ1) is 12.6. The van der Waals surface area contributed by atoms with Gasteiger partial charge in [0.05, 0.1) is 5.56 Å². The number of aromatic nitrogens is 1. The molecule has 1 N–H and O–H groups in total. The van der Waals surface area contributed by atoms with Crippen LogP contribution in [0.5, 0.6) is 5.75 Å².